The second-order valence-electron chi connectivity index (χ2n) is 6.64. The van der Waals surface area contributed by atoms with E-state index in [0.29, 0.717) is 0 Å². The zero-order valence-corrected chi connectivity index (χ0v) is 14.6. The fourth-order valence-corrected chi connectivity index (χ4v) is 3.39. The Morgan fingerprint density at radius 1 is 0.923 bits per heavy atom. The Morgan fingerprint density at radius 3 is 2.54 bits per heavy atom. The number of halogens is 1. The molecule has 1 aliphatic heterocycles. The highest BCUT2D eigenvalue weighted by molar-refractivity contribution is 5.58. The lowest BCUT2D eigenvalue weighted by atomic mass is 10.1. The van der Waals surface area contributed by atoms with Gasteiger partial charge in [-0.15, -0.1) is 0 Å². The number of nitrogens with zero attached hydrogens (tertiary/aromatic N) is 3. The van der Waals surface area contributed by atoms with Gasteiger partial charge in [-0.2, -0.15) is 0 Å². The average molecular weight is 351 g/mol. The predicted octanol–water partition coefficient (Wildman–Crippen LogP) is 4.19. The number of benzene rings is 2. The smallest absolute Gasteiger partial charge is 0.151 e. The van der Waals surface area contributed by atoms with Crippen LogP contribution in [0, 0.1) is 5.82 Å². The van der Waals surface area contributed by atoms with Crippen molar-refractivity contribution in [1.82, 2.24) is 10.1 Å². The van der Waals surface area contributed by atoms with Crippen LogP contribution in [0.3, 0.4) is 0 Å². The maximum atomic E-state index is 13.1. The molecular formula is C21H22FN3O. The molecule has 2 heterocycles. The van der Waals surface area contributed by atoms with Crippen molar-refractivity contribution >= 4 is 5.69 Å². The first-order chi connectivity index (χ1) is 12.8. The number of anilines is 1. The maximum absolute atomic E-state index is 13.1. The van der Waals surface area contributed by atoms with Gasteiger partial charge in [0, 0.05) is 43.5 Å². The van der Waals surface area contributed by atoms with Crippen LogP contribution in [-0.4, -0.2) is 36.2 Å². The highest BCUT2D eigenvalue weighted by atomic mass is 19.1. The minimum atomic E-state index is -0.190. The molecule has 26 heavy (non-hydrogen) atoms. The Balaban J connectivity index is 1.38. The molecule has 0 spiro atoms. The van der Waals surface area contributed by atoms with Crippen LogP contribution in [0.15, 0.2) is 65.2 Å². The van der Waals surface area contributed by atoms with Crippen molar-refractivity contribution in [2.45, 2.75) is 13.0 Å². The quantitative estimate of drug-likeness (QED) is 0.705. The number of aromatic nitrogens is 1. The Kier molecular flexibility index (Phi) is 4.97. The van der Waals surface area contributed by atoms with Gasteiger partial charge in [-0.3, -0.25) is 4.90 Å². The lowest BCUT2D eigenvalue weighted by Gasteiger charge is -2.23. The molecule has 1 aromatic heterocycles. The Labute approximate surface area is 152 Å². The van der Waals surface area contributed by atoms with Gasteiger partial charge >= 0.3 is 0 Å². The molecule has 0 amide bonds. The van der Waals surface area contributed by atoms with Crippen LogP contribution in [0.5, 0.6) is 0 Å². The summed E-state index contributed by atoms with van der Waals surface area (Å²) in [6.07, 6.45) is 1.07. The van der Waals surface area contributed by atoms with Crippen LogP contribution < -0.4 is 4.90 Å². The third kappa shape index (κ3) is 3.94. The fraction of sp³-hybridized carbons (Fsp3) is 0.286. The Bertz CT molecular complexity index is 832. The second kappa shape index (κ2) is 7.70. The van der Waals surface area contributed by atoms with Gasteiger partial charge in [-0.1, -0.05) is 35.5 Å². The standard InChI is InChI=1S/C21H22FN3O/c22-18-7-9-19(10-8-18)25-12-4-11-24(13-14-25)16-20-15-21(23-26-20)17-5-2-1-3-6-17/h1-3,5-10,15H,4,11-14,16H2. The monoisotopic (exact) mass is 351 g/mol. The largest absolute Gasteiger partial charge is 0.370 e. The highest BCUT2D eigenvalue weighted by Gasteiger charge is 2.17. The van der Waals surface area contributed by atoms with E-state index in [9.17, 15) is 4.39 Å². The molecule has 1 saturated heterocycles. The van der Waals surface area contributed by atoms with Crippen molar-refractivity contribution in [2.24, 2.45) is 0 Å². The summed E-state index contributed by atoms with van der Waals surface area (Å²) in [6.45, 7) is 4.62. The molecule has 0 radical (unpaired) electrons. The van der Waals surface area contributed by atoms with Gasteiger partial charge in [-0.25, -0.2) is 4.39 Å². The molecule has 5 heteroatoms. The van der Waals surface area contributed by atoms with Crippen LogP contribution in [-0.2, 0) is 6.54 Å². The summed E-state index contributed by atoms with van der Waals surface area (Å²) < 4.78 is 18.7. The average Bonchev–Trinajstić information content (AvgIpc) is 3.02. The van der Waals surface area contributed by atoms with E-state index in [1.807, 2.05) is 48.5 Å². The summed E-state index contributed by atoms with van der Waals surface area (Å²) in [5, 5.41) is 4.20. The molecule has 4 rings (SSSR count). The van der Waals surface area contributed by atoms with Gasteiger partial charge in [-0.05, 0) is 30.7 Å². The third-order valence-electron chi connectivity index (χ3n) is 4.79. The normalized spacial score (nSPS) is 15.8. The molecule has 0 atom stereocenters. The van der Waals surface area contributed by atoms with Crippen LogP contribution >= 0.6 is 0 Å². The van der Waals surface area contributed by atoms with Gasteiger partial charge in [0.1, 0.15) is 11.5 Å². The van der Waals surface area contributed by atoms with Crippen molar-refractivity contribution < 1.29 is 8.91 Å². The van der Waals surface area contributed by atoms with E-state index in [1.165, 1.54) is 12.1 Å². The lowest BCUT2D eigenvalue weighted by molar-refractivity contribution is 0.245. The van der Waals surface area contributed by atoms with Crippen molar-refractivity contribution in [2.75, 3.05) is 31.1 Å². The molecule has 4 nitrogen and oxygen atoms in total. The zero-order valence-electron chi connectivity index (χ0n) is 14.6. The van der Waals surface area contributed by atoms with Gasteiger partial charge in [0.15, 0.2) is 5.76 Å². The van der Waals surface area contributed by atoms with E-state index in [4.69, 9.17) is 4.52 Å². The summed E-state index contributed by atoms with van der Waals surface area (Å²) in [6, 6.07) is 18.9. The van der Waals surface area contributed by atoms with E-state index in [0.717, 1.165) is 61.8 Å². The summed E-state index contributed by atoms with van der Waals surface area (Å²) in [7, 11) is 0. The first-order valence-corrected chi connectivity index (χ1v) is 9.02. The van der Waals surface area contributed by atoms with E-state index in [2.05, 4.69) is 15.0 Å². The van der Waals surface area contributed by atoms with Crippen LogP contribution in [0.1, 0.15) is 12.2 Å². The van der Waals surface area contributed by atoms with Gasteiger partial charge in [0.2, 0.25) is 0 Å². The second-order valence-corrected chi connectivity index (χ2v) is 6.64. The van der Waals surface area contributed by atoms with Crippen molar-refractivity contribution in [1.29, 1.82) is 0 Å². The topological polar surface area (TPSA) is 32.5 Å². The molecule has 0 unspecified atom stereocenters. The van der Waals surface area contributed by atoms with E-state index < -0.39 is 0 Å². The molecule has 0 saturated carbocycles. The first-order valence-electron chi connectivity index (χ1n) is 9.02. The van der Waals surface area contributed by atoms with E-state index >= 15 is 0 Å². The van der Waals surface area contributed by atoms with E-state index in [1.54, 1.807) is 0 Å². The SMILES string of the molecule is Fc1ccc(N2CCCN(Cc3cc(-c4ccccc4)no3)CC2)cc1. The van der Waals surface area contributed by atoms with Crippen LogP contribution in [0.4, 0.5) is 10.1 Å². The molecule has 0 aliphatic carbocycles. The Morgan fingerprint density at radius 2 is 1.73 bits per heavy atom. The summed E-state index contributed by atoms with van der Waals surface area (Å²) in [4.78, 5) is 4.70. The van der Waals surface area contributed by atoms with Crippen molar-refractivity contribution in [3.05, 3.63) is 72.2 Å². The molecule has 1 aliphatic rings. The first kappa shape index (κ1) is 16.8. The third-order valence-corrected chi connectivity index (χ3v) is 4.79. The molecular weight excluding hydrogens is 329 g/mol. The minimum absolute atomic E-state index is 0.190. The fourth-order valence-electron chi connectivity index (χ4n) is 3.39. The van der Waals surface area contributed by atoms with Crippen LogP contribution in [0.25, 0.3) is 11.3 Å². The van der Waals surface area contributed by atoms with Gasteiger partial charge in [0.05, 0.1) is 6.54 Å². The van der Waals surface area contributed by atoms with Gasteiger partial charge < -0.3 is 9.42 Å². The zero-order chi connectivity index (χ0) is 17.8. The van der Waals surface area contributed by atoms with Gasteiger partial charge in [0.25, 0.3) is 0 Å². The predicted molar refractivity (Wildman–Crippen MR) is 100 cm³/mol. The Hall–Kier alpha value is -2.66. The van der Waals surface area contributed by atoms with Crippen molar-refractivity contribution in [3.63, 3.8) is 0 Å². The highest BCUT2D eigenvalue weighted by Crippen LogP contribution is 2.21. The molecule has 134 valence electrons. The maximum Gasteiger partial charge on any atom is 0.151 e. The molecule has 1 fully saturated rings. The van der Waals surface area contributed by atoms with E-state index in [-0.39, 0.29) is 5.82 Å². The van der Waals surface area contributed by atoms with Crippen molar-refractivity contribution in [3.8, 4) is 11.3 Å². The lowest BCUT2D eigenvalue weighted by Crippen LogP contribution is -2.30. The van der Waals surface area contributed by atoms with Crippen LogP contribution in [0.2, 0.25) is 0 Å². The molecule has 0 N–H and O–H groups in total. The molecule has 0 bridgehead atoms. The summed E-state index contributed by atoms with van der Waals surface area (Å²) in [5.74, 6) is 0.698. The summed E-state index contributed by atoms with van der Waals surface area (Å²) >= 11 is 0. The number of rotatable bonds is 4. The minimum Gasteiger partial charge on any atom is -0.370 e. The molecule has 2 aromatic carbocycles. The number of hydrogen-bond acceptors (Lipinski definition) is 4. The molecule has 3 aromatic rings. The number of hydrogen-bond donors (Lipinski definition) is 0. The summed E-state index contributed by atoms with van der Waals surface area (Å²) in [5.41, 5.74) is 3.03.